The molecule has 1 N–H and O–H groups in total. The molecule has 0 aromatic carbocycles. The van der Waals surface area contributed by atoms with Crippen molar-refractivity contribution < 1.29 is 9.26 Å². The van der Waals surface area contributed by atoms with Gasteiger partial charge in [-0.15, -0.1) is 0 Å². The van der Waals surface area contributed by atoms with Gasteiger partial charge in [0.05, 0.1) is 12.6 Å². The molecule has 2 heterocycles. The summed E-state index contributed by atoms with van der Waals surface area (Å²) < 4.78 is 10.7. The fourth-order valence-corrected chi connectivity index (χ4v) is 1.44. The van der Waals surface area contributed by atoms with Crippen molar-refractivity contribution in [3.8, 4) is 5.75 Å². The van der Waals surface area contributed by atoms with Gasteiger partial charge in [-0.05, 0) is 32.9 Å². The van der Waals surface area contributed by atoms with Crippen molar-refractivity contribution in [3.63, 3.8) is 0 Å². The lowest BCUT2D eigenvalue weighted by atomic mass is 10.4. The van der Waals surface area contributed by atoms with Gasteiger partial charge in [0.25, 0.3) is 0 Å². The highest BCUT2D eigenvalue weighted by Gasteiger charge is 2.08. The highest BCUT2D eigenvalue weighted by Crippen LogP contribution is 2.22. The molecule has 0 aliphatic rings. The van der Waals surface area contributed by atoms with Gasteiger partial charge in [0, 0.05) is 6.20 Å². The van der Waals surface area contributed by atoms with Gasteiger partial charge in [-0.25, -0.2) is 4.98 Å². The molecule has 0 atom stereocenters. The Kier molecular flexibility index (Phi) is 3.76. The minimum Gasteiger partial charge on any atom is -0.487 e. The smallest absolute Gasteiger partial charge is 0.245 e. The number of rotatable bonds is 5. The average molecular weight is 248 g/mol. The van der Waals surface area contributed by atoms with E-state index in [1.807, 2.05) is 26.0 Å². The lowest BCUT2D eigenvalue weighted by Crippen LogP contribution is -2.09. The molecule has 2 rings (SSSR count). The first kappa shape index (κ1) is 12.3. The highest BCUT2D eigenvalue weighted by atomic mass is 16.5. The van der Waals surface area contributed by atoms with Crippen LogP contribution in [-0.4, -0.2) is 21.2 Å². The first-order chi connectivity index (χ1) is 8.65. The van der Waals surface area contributed by atoms with Crippen LogP contribution in [-0.2, 0) is 6.54 Å². The Labute approximate surface area is 105 Å². The molecule has 0 radical (unpaired) electrons. The molecular formula is C12H16N4O2. The van der Waals surface area contributed by atoms with Crippen molar-refractivity contribution in [2.75, 3.05) is 5.32 Å². The molecule has 6 heteroatoms. The van der Waals surface area contributed by atoms with Crippen molar-refractivity contribution >= 4 is 5.82 Å². The highest BCUT2D eigenvalue weighted by molar-refractivity contribution is 5.49. The van der Waals surface area contributed by atoms with E-state index in [1.54, 1.807) is 13.1 Å². The van der Waals surface area contributed by atoms with Gasteiger partial charge < -0.3 is 14.6 Å². The maximum Gasteiger partial charge on any atom is 0.245 e. The topological polar surface area (TPSA) is 73.1 Å². The summed E-state index contributed by atoms with van der Waals surface area (Å²) in [6, 6.07) is 3.70. The van der Waals surface area contributed by atoms with Crippen LogP contribution in [0.3, 0.4) is 0 Å². The van der Waals surface area contributed by atoms with Gasteiger partial charge in [-0.1, -0.05) is 5.16 Å². The summed E-state index contributed by atoms with van der Waals surface area (Å²) in [5, 5.41) is 6.84. The predicted molar refractivity (Wildman–Crippen MR) is 66.4 cm³/mol. The second-order valence-electron chi connectivity index (χ2n) is 4.11. The Morgan fingerprint density at radius 1 is 1.44 bits per heavy atom. The van der Waals surface area contributed by atoms with Crippen LogP contribution in [0.4, 0.5) is 5.82 Å². The third kappa shape index (κ3) is 3.19. The molecule has 0 saturated heterocycles. The van der Waals surface area contributed by atoms with E-state index in [0.29, 0.717) is 29.8 Å². The minimum absolute atomic E-state index is 0.0976. The Balaban J connectivity index is 2.04. The molecule has 0 aliphatic carbocycles. The van der Waals surface area contributed by atoms with Crippen molar-refractivity contribution in [3.05, 3.63) is 30.0 Å². The van der Waals surface area contributed by atoms with Crippen molar-refractivity contribution in [2.45, 2.75) is 33.4 Å². The van der Waals surface area contributed by atoms with Crippen LogP contribution >= 0.6 is 0 Å². The number of ether oxygens (including phenoxy) is 1. The maximum absolute atomic E-state index is 5.65. The molecule has 0 aliphatic heterocycles. The molecule has 0 saturated carbocycles. The van der Waals surface area contributed by atoms with Crippen molar-refractivity contribution in [2.24, 2.45) is 0 Å². The molecule has 2 aromatic rings. The number of aryl methyl sites for hydroxylation is 1. The molecule has 0 fully saturated rings. The van der Waals surface area contributed by atoms with E-state index in [2.05, 4.69) is 20.4 Å². The molecule has 96 valence electrons. The van der Waals surface area contributed by atoms with Crippen LogP contribution in [0, 0.1) is 6.92 Å². The average Bonchev–Trinajstić information content (AvgIpc) is 2.73. The van der Waals surface area contributed by atoms with Crippen LogP contribution in [0.1, 0.15) is 25.6 Å². The zero-order chi connectivity index (χ0) is 13.0. The van der Waals surface area contributed by atoms with E-state index in [-0.39, 0.29) is 6.10 Å². The number of hydrogen-bond donors (Lipinski definition) is 1. The molecule has 18 heavy (non-hydrogen) atoms. The van der Waals surface area contributed by atoms with Gasteiger partial charge in [0.15, 0.2) is 17.4 Å². The summed E-state index contributed by atoms with van der Waals surface area (Å²) >= 11 is 0. The lowest BCUT2D eigenvalue weighted by molar-refractivity contribution is 0.243. The molecule has 2 aromatic heterocycles. The number of nitrogens with one attached hydrogen (secondary N) is 1. The summed E-state index contributed by atoms with van der Waals surface area (Å²) in [6.07, 6.45) is 1.80. The SMILES string of the molecule is Cc1noc(CNc2ncccc2OC(C)C)n1. The monoisotopic (exact) mass is 248 g/mol. The maximum atomic E-state index is 5.65. The Morgan fingerprint density at radius 2 is 2.28 bits per heavy atom. The van der Waals surface area contributed by atoms with E-state index in [9.17, 15) is 0 Å². The van der Waals surface area contributed by atoms with E-state index in [4.69, 9.17) is 9.26 Å². The van der Waals surface area contributed by atoms with Crippen LogP contribution in [0.15, 0.2) is 22.9 Å². The summed E-state index contributed by atoms with van der Waals surface area (Å²) in [5.74, 6) is 2.52. The number of aromatic nitrogens is 3. The molecule has 0 spiro atoms. The van der Waals surface area contributed by atoms with Crippen molar-refractivity contribution in [1.29, 1.82) is 0 Å². The molecular weight excluding hydrogens is 232 g/mol. The first-order valence-corrected chi connectivity index (χ1v) is 5.80. The van der Waals surface area contributed by atoms with Gasteiger partial charge in [0.2, 0.25) is 5.89 Å². The summed E-state index contributed by atoms with van der Waals surface area (Å²) in [7, 11) is 0. The second kappa shape index (κ2) is 5.48. The molecule has 0 unspecified atom stereocenters. The molecule has 6 nitrogen and oxygen atoms in total. The Hall–Kier alpha value is -2.11. The predicted octanol–water partition coefficient (Wildman–Crippen LogP) is 2.17. The van der Waals surface area contributed by atoms with E-state index >= 15 is 0 Å². The van der Waals surface area contributed by atoms with Crippen LogP contribution in [0.25, 0.3) is 0 Å². The number of anilines is 1. The standard InChI is InChI=1S/C12H16N4O2/c1-8(2)17-10-5-4-6-13-12(10)14-7-11-15-9(3)16-18-11/h4-6,8H,7H2,1-3H3,(H,13,14). The number of pyridine rings is 1. The van der Waals surface area contributed by atoms with Crippen LogP contribution in [0.5, 0.6) is 5.75 Å². The first-order valence-electron chi connectivity index (χ1n) is 5.80. The fraction of sp³-hybridized carbons (Fsp3) is 0.417. The number of hydrogen-bond acceptors (Lipinski definition) is 6. The third-order valence-electron chi connectivity index (χ3n) is 2.11. The Morgan fingerprint density at radius 3 is 2.94 bits per heavy atom. The van der Waals surface area contributed by atoms with Crippen LogP contribution in [0.2, 0.25) is 0 Å². The fourth-order valence-electron chi connectivity index (χ4n) is 1.44. The van der Waals surface area contributed by atoms with Crippen molar-refractivity contribution in [1.82, 2.24) is 15.1 Å². The lowest BCUT2D eigenvalue weighted by Gasteiger charge is -2.13. The second-order valence-corrected chi connectivity index (χ2v) is 4.11. The van der Waals surface area contributed by atoms with E-state index < -0.39 is 0 Å². The van der Waals surface area contributed by atoms with Gasteiger partial charge >= 0.3 is 0 Å². The minimum atomic E-state index is 0.0976. The van der Waals surface area contributed by atoms with Gasteiger partial charge in [-0.2, -0.15) is 4.98 Å². The quantitative estimate of drug-likeness (QED) is 0.874. The zero-order valence-corrected chi connectivity index (χ0v) is 10.7. The molecule has 0 amide bonds. The largest absolute Gasteiger partial charge is 0.487 e. The van der Waals surface area contributed by atoms with Crippen LogP contribution < -0.4 is 10.1 Å². The zero-order valence-electron chi connectivity index (χ0n) is 10.7. The summed E-state index contributed by atoms with van der Waals surface area (Å²) in [4.78, 5) is 8.34. The summed E-state index contributed by atoms with van der Waals surface area (Å²) in [6.45, 7) is 6.14. The van der Waals surface area contributed by atoms with E-state index in [1.165, 1.54) is 0 Å². The Bertz CT molecular complexity index is 510. The third-order valence-corrected chi connectivity index (χ3v) is 2.11. The normalized spacial score (nSPS) is 10.7. The summed E-state index contributed by atoms with van der Waals surface area (Å²) in [5.41, 5.74) is 0. The van der Waals surface area contributed by atoms with E-state index in [0.717, 1.165) is 0 Å². The van der Waals surface area contributed by atoms with Gasteiger partial charge in [0.1, 0.15) is 0 Å². The van der Waals surface area contributed by atoms with Gasteiger partial charge in [-0.3, -0.25) is 0 Å². The molecule has 0 bridgehead atoms. The number of nitrogens with zero attached hydrogens (tertiary/aromatic N) is 3.